The van der Waals surface area contributed by atoms with Gasteiger partial charge in [0.25, 0.3) is 0 Å². The number of aromatic nitrogens is 1. The number of halogens is 2. The van der Waals surface area contributed by atoms with Crippen LogP contribution in [-0.2, 0) is 6.42 Å². The number of hydrogen-bond acceptors (Lipinski definition) is 1. The highest BCUT2D eigenvalue weighted by molar-refractivity contribution is 6.29. The van der Waals surface area contributed by atoms with Crippen LogP contribution in [0, 0.1) is 0 Å². The SMILES string of the molecule is CC(Cl)=CCc1cccc(Cl)n1. The van der Waals surface area contributed by atoms with Crippen molar-refractivity contribution < 1.29 is 0 Å². The van der Waals surface area contributed by atoms with E-state index in [1.165, 1.54) is 0 Å². The van der Waals surface area contributed by atoms with Crippen molar-refractivity contribution in [3.05, 3.63) is 40.2 Å². The fourth-order valence-electron chi connectivity index (χ4n) is 0.809. The van der Waals surface area contributed by atoms with Crippen LogP contribution >= 0.6 is 23.2 Å². The van der Waals surface area contributed by atoms with Crippen LogP contribution in [0.3, 0.4) is 0 Å². The Morgan fingerprint density at radius 2 is 2.33 bits per heavy atom. The van der Waals surface area contributed by atoms with Crippen LogP contribution in [0.25, 0.3) is 0 Å². The lowest BCUT2D eigenvalue weighted by Gasteiger charge is -1.95. The van der Waals surface area contributed by atoms with Crippen LogP contribution in [0.5, 0.6) is 0 Å². The third-order valence-corrected chi connectivity index (χ3v) is 1.73. The second kappa shape index (κ2) is 4.48. The quantitative estimate of drug-likeness (QED) is 0.669. The maximum absolute atomic E-state index is 5.70. The summed E-state index contributed by atoms with van der Waals surface area (Å²) in [5, 5.41) is 1.30. The number of pyridine rings is 1. The highest BCUT2D eigenvalue weighted by atomic mass is 35.5. The van der Waals surface area contributed by atoms with Gasteiger partial charge in [-0.05, 0) is 19.1 Å². The van der Waals surface area contributed by atoms with E-state index in [2.05, 4.69) is 4.98 Å². The van der Waals surface area contributed by atoms with Gasteiger partial charge in [-0.25, -0.2) is 4.98 Å². The molecule has 0 saturated carbocycles. The first-order valence-electron chi connectivity index (χ1n) is 3.62. The number of rotatable bonds is 2. The summed E-state index contributed by atoms with van der Waals surface area (Å²) in [7, 11) is 0. The maximum Gasteiger partial charge on any atom is 0.129 e. The van der Waals surface area contributed by atoms with E-state index in [0.29, 0.717) is 5.15 Å². The fraction of sp³-hybridized carbons (Fsp3) is 0.222. The molecule has 0 aliphatic rings. The van der Waals surface area contributed by atoms with Gasteiger partial charge in [0.15, 0.2) is 0 Å². The molecule has 0 aromatic carbocycles. The van der Waals surface area contributed by atoms with Crippen molar-refractivity contribution >= 4 is 23.2 Å². The summed E-state index contributed by atoms with van der Waals surface area (Å²) in [4.78, 5) is 4.11. The molecule has 0 N–H and O–H groups in total. The molecule has 0 bridgehead atoms. The summed E-state index contributed by atoms with van der Waals surface area (Å²) in [5.74, 6) is 0. The van der Waals surface area contributed by atoms with E-state index in [1.54, 1.807) is 6.07 Å². The molecule has 1 nitrogen and oxygen atoms in total. The molecule has 0 unspecified atom stereocenters. The first kappa shape index (κ1) is 9.56. The molecule has 0 aliphatic heterocycles. The van der Waals surface area contributed by atoms with Gasteiger partial charge in [0.2, 0.25) is 0 Å². The van der Waals surface area contributed by atoms with E-state index >= 15 is 0 Å². The molecular weight excluding hydrogens is 193 g/mol. The first-order valence-corrected chi connectivity index (χ1v) is 4.38. The van der Waals surface area contributed by atoms with Crippen molar-refractivity contribution in [2.45, 2.75) is 13.3 Å². The highest BCUT2D eigenvalue weighted by Crippen LogP contribution is 2.07. The van der Waals surface area contributed by atoms with Crippen LogP contribution < -0.4 is 0 Å². The van der Waals surface area contributed by atoms with E-state index < -0.39 is 0 Å². The first-order chi connectivity index (χ1) is 5.68. The summed E-state index contributed by atoms with van der Waals surface area (Å²) < 4.78 is 0. The zero-order chi connectivity index (χ0) is 8.97. The van der Waals surface area contributed by atoms with Gasteiger partial charge in [-0.3, -0.25) is 0 Å². The average Bonchev–Trinajstić information content (AvgIpc) is 2.01. The molecule has 12 heavy (non-hydrogen) atoms. The van der Waals surface area contributed by atoms with Crippen LogP contribution in [0.2, 0.25) is 5.15 Å². The summed E-state index contributed by atoms with van der Waals surface area (Å²) >= 11 is 11.4. The van der Waals surface area contributed by atoms with E-state index in [-0.39, 0.29) is 0 Å². The molecule has 1 heterocycles. The van der Waals surface area contributed by atoms with Gasteiger partial charge in [0.05, 0.1) is 0 Å². The van der Waals surface area contributed by atoms with Gasteiger partial charge >= 0.3 is 0 Å². The zero-order valence-corrected chi connectivity index (χ0v) is 8.23. The lowest BCUT2D eigenvalue weighted by molar-refractivity contribution is 1.11. The average molecular weight is 202 g/mol. The summed E-state index contributed by atoms with van der Waals surface area (Å²) in [6, 6.07) is 5.55. The van der Waals surface area contributed by atoms with Gasteiger partial charge in [-0.2, -0.15) is 0 Å². The molecule has 3 heteroatoms. The Balaban J connectivity index is 2.70. The Bertz CT molecular complexity index is 290. The second-order valence-corrected chi connectivity index (χ2v) is 3.43. The number of hydrogen-bond donors (Lipinski definition) is 0. The Morgan fingerprint density at radius 3 is 2.92 bits per heavy atom. The Hall–Kier alpha value is -0.530. The largest absolute Gasteiger partial charge is 0.241 e. The van der Waals surface area contributed by atoms with Crippen LogP contribution in [0.1, 0.15) is 12.6 Å². The van der Waals surface area contributed by atoms with Gasteiger partial charge < -0.3 is 0 Å². The zero-order valence-electron chi connectivity index (χ0n) is 6.72. The van der Waals surface area contributed by atoms with Gasteiger partial charge in [0.1, 0.15) is 5.15 Å². The summed E-state index contributed by atoms with van der Waals surface area (Å²) in [5.41, 5.74) is 0.933. The standard InChI is InChI=1S/C9H9Cl2N/c1-7(10)5-6-8-3-2-4-9(11)12-8/h2-5H,6H2,1H3. The predicted molar refractivity (Wildman–Crippen MR) is 52.6 cm³/mol. The van der Waals surface area contributed by atoms with Crippen molar-refractivity contribution in [3.8, 4) is 0 Å². The van der Waals surface area contributed by atoms with Crippen LogP contribution in [0.4, 0.5) is 0 Å². The molecule has 1 aromatic rings. The molecule has 0 atom stereocenters. The third-order valence-electron chi connectivity index (χ3n) is 1.37. The van der Waals surface area contributed by atoms with E-state index in [1.807, 2.05) is 25.1 Å². The summed E-state index contributed by atoms with van der Waals surface area (Å²) in [6.45, 7) is 1.84. The smallest absolute Gasteiger partial charge is 0.129 e. The second-order valence-electron chi connectivity index (χ2n) is 2.45. The lowest BCUT2D eigenvalue weighted by Crippen LogP contribution is -1.86. The van der Waals surface area contributed by atoms with E-state index in [4.69, 9.17) is 23.2 Å². The Labute approximate surface area is 82.0 Å². The highest BCUT2D eigenvalue weighted by Gasteiger charge is 1.92. The van der Waals surface area contributed by atoms with E-state index in [9.17, 15) is 0 Å². The molecule has 0 aliphatic carbocycles. The Kier molecular flexibility index (Phi) is 3.57. The lowest BCUT2D eigenvalue weighted by atomic mass is 10.2. The molecule has 0 radical (unpaired) electrons. The Morgan fingerprint density at radius 1 is 1.58 bits per heavy atom. The molecule has 0 fully saturated rings. The number of nitrogens with zero attached hydrogens (tertiary/aromatic N) is 1. The maximum atomic E-state index is 5.70. The fourth-order valence-corrected chi connectivity index (χ4v) is 1.07. The number of allylic oxidation sites excluding steroid dienone is 2. The van der Waals surface area contributed by atoms with Crippen molar-refractivity contribution in [3.63, 3.8) is 0 Å². The topological polar surface area (TPSA) is 12.9 Å². The van der Waals surface area contributed by atoms with Crippen molar-refractivity contribution in [2.24, 2.45) is 0 Å². The van der Waals surface area contributed by atoms with Crippen LogP contribution in [0.15, 0.2) is 29.3 Å². The van der Waals surface area contributed by atoms with Gasteiger partial charge in [0, 0.05) is 17.1 Å². The molecule has 1 aromatic heterocycles. The van der Waals surface area contributed by atoms with Crippen molar-refractivity contribution in [1.82, 2.24) is 4.98 Å². The molecule has 64 valence electrons. The van der Waals surface area contributed by atoms with E-state index in [0.717, 1.165) is 17.1 Å². The van der Waals surface area contributed by atoms with Crippen molar-refractivity contribution in [2.75, 3.05) is 0 Å². The van der Waals surface area contributed by atoms with Gasteiger partial charge in [-0.15, -0.1) is 0 Å². The minimum Gasteiger partial charge on any atom is -0.241 e. The molecule has 0 saturated heterocycles. The molecule has 0 amide bonds. The monoisotopic (exact) mass is 201 g/mol. The van der Waals surface area contributed by atoms with Crippen molar-refractivity contribution in [1.29, 1.82) is 0 Å². The normalized spacial score (nSPS) is 11.8. The predicted octanol–water partition coefficient (Wildman–Crippen LogP) is 3.42. The van der Waals surface area contributed by atoms with Crippen LogP contribution in [-0.4, -0.2) is 4.98 Å². The third kappa shape index (κ3) is 3.24. The minimum atomic E-state index is 0.521. The van der Waals surface area contributed by atoms with Gasteiger partial charge in [-0.1, -0.05) is 35.3 Å². The minimum absolute atomic E-state index is 0.521. The molecule has 1 rings (SSSR count). The molecule has 0 spiro atoms. The summed E-state index contributed by atoms with van der Waals surface area (Å²) in [6.07, 6.45) is 2.64. The molecular formula is C9H9Cl2N.